The summed E-state index contributed by atoms with van der Waals surface area (Å²) in [5.74, 6) is -9.87. The standard InChI is InChI=1S/C15H16F4NO5.Sc/c1-15(2,3)25-14(23)20-4-7(22)6-24-13-11(18)9(16)8(5-21)10(17)12(13)19;/h4,21H,5-6H2,1-3H3,(H,20,23);/q-1;. The van der Waals surface area contributed by atoms with Gasteiger partial charge in [0.2, 0.25) is 11.6 Å². The number of Topliss-reactive ketones (excluding diaryl/α,β-unsaturated/α-hetero) is 1. The first-order valence-corrected chi connectivity index (χ1v) is 6.92. The molecule has 0 aromatic heterocycles. The second-order valence-corrected chi connectivity index (χ2v) is 5.77. The van der Waals surface area contributed by atoms with Crippen molar-refractivity contribution in [2.45, 2.75) is 33.0 Å². The van der Waals surface area contributed by atoms with Gasteiger partial charge in [-0.15, -0.1) is 0 Å². The third-order valence-corrected chi connectivity index (χ3v) is 2.58. The summed E-state index contributed by atoms with van der Waals surface area (Å²) < 4.78 is 63.4. The molecule has 0 aliphatic heterocycles. The molecule has 0 heterocycles. The van der Waals surface area contributed by atoms with E-state index in [1.54, 1.807) is 20.8 Å². The monoisotopic (exact) mass is 411 g/mol. The number of nitrogens with one attached hydrogen (secondary N) is 1. The fraction of sp³-hybridized carbons (Fsp3) is 0.400. The second kappa shape index (κ2) is 9.91. The quantitative estimate of drug-likeness (QED) is 0.427. The molecule has 1 aromatic carbocycles. The number of aliphatic hydroxyl groups is 1. The average Bonchev–Trinajstić information content (AvgIpc) is 2.50. The van der Waals surface area contributed by atoms with Crippen LogP contribution in [0, 0.1) is 29.8 Å². The van der Waals surface area contributed by atoms with Crippen molar-refractivity contribution in [3.8, 4) is 5.75 Å². The van der Waals surface area contributed by atoms with Crippen LogP contribution in [0.5, 0.6) is 5.75 Å². The molecule has 1 aromatic rings. The number of amides is 1. The predicted molar refractivity (Wildman–Crippen MR) is 76.4 cm³/mol. The summed E-state index contributed by atoms with van der Waals surface area (Å²) in [6.45, 7) is 3.09. The van der Waals surface area contributed by atoms with Crippen LogP contribution in [-0.4, -0.2) is 29.2 Å². The first kappa shape index (κ1) is 24.4. The Morgan fingerprint density at radius 1 is 1.08 bits per heavy atom. The van der Waals surface area contributed by atoms with Crippen molar-refractivity contribution in [3.05, 3.63) is 35.4 Å². The number of aliphatic hydroxyl groups excluding tert-OH is 1. The van der Waals surface area contributed by atoms with E-state index in [4.69, 9.17) is 9.84 Å². The van der Waals surface area contributed by atoms with Crippen LogP contribution in [0.3, 0.4) is 0 Å². The summed E-state index contributed by atoms with van der Waals surface area (Å²) >= 11 is 0. The van der Waals surface area contributed by atoms with Gasteiger partial charge in [0.15, 0.2) is 17.4 Å². The molecular formula is C15H16F4NO5Sc-. The van der Waals surface area contributed by atoms with Crippen LogP contribution in [0.4, 0.5) is 22.4 Å². The fourth-order valence-electron chi connectivity index (χ4n) is 1.55. The molecule has 0 aliphatic carbocycles. The Morgan fingerprint density at radius 2 is 1.58 bits per heavy atom. The van der Waals surface area contributed by atoms with E-state index >= 15 is 0 Å². The predicted octanol–water partition coefficient (Wildman–Crippen LogP) is 2.37. The van der Waals surface area contributed by atoms with Gasteiger partial charge in [-0.25, -0.2) is 20.1 Å². The Balaban J connectivity index is 0.00000625. The van der Waals surface area contributed by atoms with Crippen LogP contribution in [0.1, 0.15) is 26.3 Å². The summed E-state index contributed by atoms with van der Waals surface area (Å²) in [5, 5.41) is 10.7. The minimum absolute atomic E-state index is 0. The number of hydrogen-bond acceptors (Lipinski definition) is 5. The largest absolute Gasteiger partial charge is 0.482 e. The summed E-state index contributed by atoms with van der Waals surface area (Å²) in [7, 11) is 0. The zero-order chi connectivity index (χ0) is 19.4. The maximum Gasteiger partial charge on any atom is 0.381 e. The topological polar surface area (TPSA) is 84.9 Å². The van der Waals surface area contributed by atoms with Gasteiger partial charge < -0.3 is 24.7 Å². The van der Waals surface area contributed by atoms with Crippen LogP contribution in [0.25, 0.3) is 0 Å². The summed E-state index contributed by atoms with van der Waals surface area (Å²) in [5.41, 5.74) is -2.01. The van der Waals surface area contributed by atoms with E-state index in [2.05, 4.69) is 4.74 Å². The molecule has 6 nitrogen and oxygen atoms in total. The van der Waals surface area contributed by atoms with E-state index in [9.17, 15) is 27.2 Å². The third-order valence-electron chi connectivity index (χ3n) is 2.58. The fourth-order valence-corrected chi connectivity index (χ4v) is 1.55. The summed E-state index contributed by atoms with van der Waals surface area (Å²) in [6.07, 6.45) is -0.956. The zero-order valence-electron chi connectivity index (χ0n) is 14.2. The van der Waals surface area contributed by atoms with Crippen LogP contribution in [0.15, 0.2) is 0 Å². The molecule has 11 heteroatoms. The Labute approximate surface area is 165 Å². The van der Waals surface area contributed by atoms with E-state index in [1.807, 2.05) is 5.32 Å². The van der Waals surface area contributed by atoms with Crippen molar-refractivity contribution < 1.29 is 67.6 Å². The van der Waals surface area contributed by atoms with Gasteiger partial charge in [0.1, 0.15) is 12.2 Å². The van der Waals surface area contributed by atoms with Crippen LogP contribution < -0.4 is 10.1 Å². The van der Waals surface area contributed by atoms with Gasteiger partial charge in [-0.2, -0.15) is 8.78 Å². The number of carbonyl (C=O) groups is 2. The van der Waals surface area contributed by atoms with Crippen molar-refractivity contribution in [1.29, 1.82) is 0 Å². The van der Waals surface area contributed by atoms with Gasteiger partial charge in [0.25, 0.3) is 0 Å². The average molecular weight is 411 g/mol. The van der Waals surface area contributed by atoms with Gasteiger partial charge in [-0.05, 0) is 20.8 Å². The van der Waals surface area contributed by atoms with Gasteiger partial charge >= 0.3 is 6.09 Å². The minimum atomic E-state index is -1.89. The van der Waals surface area contributed by atoms with E-state index in [-0.39, 0.29) is 25.8 Å². The molecule has 0 saturated carbocycles. The molecule has 1 rings (SSSR count). The van der Waals surface area contributed by atoms with E-state index in [1.165, 1.54) is 0 Å². The molecule has 1 radical (unpaired) electrons. The number of ketones is 1. The van der Waals surface area contributed by atoms with Crippen LogP contribution >= 0.6 is 0 Å². The normalized spacial score (nSPS) is 10.6. The molecule has 0 unspecified atom stereocenters. The molecule has 0 atom stereocenters. The molecule has 0 aliphatic rings. The van der Waals surface area contributed by atoms with Gasteiger partial charge in [0.05, 0.1) is 18.0 Å². The van der Waals surface area contributed by atoms with Gasteiger partial charge in [-0.3, -0.25) is 0 Å². The van der Waals surface area contributed by atoms with Crippen molar-refractivity contribution in [1.82, 2.24) is 5.32 Å². The van der Waals surface area contributed by atoms with Crippen molar-refractivity contribution in [2.75, 3.05) is 6.61 Å². The molecule has 143 valence electrons. The Kier molecular flexibility index (Phi) is 9.29. The summed E-state index contributed by atoms with van der Waals surface area (Å²) in [4.78, 5) is 22.8. The molecule has 0 saturated heterocycles. The Hall–Kier alpha value is -1.62. The molecule has 0 bridgehead atoms. The van der Waals surface area contributed by atoms with Gasteiger partial charge in [0, 0.05) is 25.8 Å². The van der Waals surface area contributed by atoms with Crippen molar-refractivity contribution in [3.63, 3.8) is 0 Å². The summed E-state index contributed by atoms with van der Waals surface area (Å²) in [6, 6.07) is 0. The number of alkyl carbamates (subject to hydrolysis) is 1. The number of benzene rings is 1. The smallest absolute Gasteiger partial charge is 0.381 e. The molecule has 26 heavy (non-hydrogen) atoms. The Bertz CT molecular complexity index is 650. The van der Waals surface area contributed by atoms with Crippen molar-refractivity contribution in [2.24, 2.45) is 0 Å². The van der Waals surface area contributed by atoms with E-state index < -0.39 is 65.3 Å². The zero-order valence-corrected chi connectivity index (χ0v) is 16.0. The third kappa shape index (κ3) is 6.60. The van der Waals surface area contributed by atoms with Crippen LogP contribution in [0.2, 0.25) is 0 Å². The van der Waals surface area contributed by atoms with Crippen molar-refractivity contribution >= 4 is 11.9 Å². The number of ether oxygens (including phenoxy) is 2. The number of carbonyl (C=O) groups excluding carboxylic acids is 2. The first-order chi connectivity index (χ1) is 11.5. The molecule has 0 fully saturated rings. The maximum absolute atomic E-state index is 13.6. The van der Waals surface area contributed by atoms with E-state index in [0.717, 1.165) is 0 Å². The number of rotatable bonds is 6. The second-order valence-electron chi connectivity index (χ2n) is 5.77. The first-order valence-electron chi connectivity index (χ1n) is 6.92. The molecular weight excluding hydrogens is 395 g/mol. The molecule has 0 spiro atoms. The minimum Gasteiger partial charge on any atom is -0.482 e. The number of hydrogen-bond donors (Lipinski definition) is 2. The van der Waals surface area contributed by atoms with Crippen LogP contribution in [-0.2, 0) is 42.0 Å². The SMILES string of the molecule is CC(C)(C)OC(=O)N[CH-]C(=O)COc1c(F)c(F)c(CO)c(F)c1F.[Sc]. The molecule has 1 amide bonds. The number of halogens is 4. The van der Waals surface area contributed by atoms with Gasteiger partial charge in [-0.1, -0.05) is 0 Å². The Morgan fingerprint density at radius 3 is 2.00 bits per heavy atom. The maximum atomic E-state index is 13.6. The van der Waals surface area contributed by atoms with E-state index in [0.29, 0.717) is 6.54 Å². The molecule has 2 N–H and O–H groups in total.